The van der Waals surface area contributed by atoms with Crippen LogP contribution in [0.3, 0.4) is 0 Å². The Balaban J connectivity index is 1.73. The standard InChI is InChI=1S/C19H15NO3/c21-18(20-17-7-3-6-16(12-17)19(22)23)15-10-8-14(9-11-15)13-4-1-2-5-13/h1-13H,(H,20,21)(H,22,23). The first kappa shape index (κ1) is 14.8. The van der Waals surface area contributed by atoms with Crippen LogP contribution in [0, 0.1) is 0 Å². The van der Waals surface area contributed by atoms with E-state index in [4.69, 9.17) is 5.11 Å². The van der Waals surface area contributed by atoms with Gasteiger partial charge in [-0.2, -0.15) is 0 Å². The minimum Gasteiger partial charge on any atom is -0.478 e. The van der Waals surface area contributed by atoms with Crippen molar-refractivity contribution in [1.29, 1.82) is 0 Å². The van der Waals surface area contributed by atoms with Gasteiger partial charge in [-0.25, -0.2) is 4.79 Å². The number of carbonyl (C=O) groups is 2. The maximum Gasteiger partial charge on any atom is 0.335 e. The molecule has 23 heavy (non-hydrogen) atoms. The molecule has 0 heterocycles. The first-order valence-corrected chi connectivity index (χ1v) is 7.23. The molecule has 4 heteroatoms. The summed E-state index contributed by atoms with van der Waals surface area (Å²) in [6.07, 6.45) is 8.18. The van der Waals surface area contributed by atoms with Crippen LogP contribution < -0.4 is 5.32 Å². The Morgan fingerprint density at radius 1 is 0.913 bits per heavy atom. The normalized spacial score (nSPS) is 13.2. The number of nitrogens with one attached hydrogen (secondary N) is 1. The molecule has 1 amide bonds. The fourth-order valence-electron chi connectivity index (χ4n) is 2.44. The van der Waals surface area contributed by atoms with Crippen LogP contribution in [-0.2, 0) is 0 Å². The van der Waals surface area contributed by atoms with Crippen molar-refractivity contribution in [3.63, 3.8) is 0 Å². The number of amides is 1. The topological polar surface area (TPSA) is 66.4 Å². The number of hydrogen-bond donors (Lipinski definition) is 2. The Labute approximate surface area is 133 Å². The van der Waals surface area contributed by atoms with E-state index in [-0.39, 0.29) is 17.4 Å². The van der Waals surface area contributed by atoms with Gasteiger partial charge in [0.2, 0.25) is 0 Å². The van der Waals surface area contributed by atoms with Gasteiger partial charge in [-0.15, -0.1) is 0 Å². The largest absolute Gasteiger partial charge is 0.478 e. The van der Waals surface area contributed by atoms with Gasteiger partial charge in [-0.1, -0.05) is 42.5 Å². The lowest BCUT2D eigenvalue weighted by Crippen LogP contribution is -2.12. The number of rotatable bonds is 4. The lowest BCUT2D eigenvalue weighted by Gasteiger charge is -2.09. The molecular weight excluding hydrogens is 290 g/mol. The molecule has 1 aliphatic rings. The third kappa shape index (κ3) is 3.37. The summed E-state index contributed by atoms with van der Waals surface area (Å²) in [5.41, 5.74) is 2.25. The van der Waals surface area contributed by atoms with Crippen LogP contribution in [-0.4, -0.2) is 17.0 Å². The summed E-state index contributed by atoms with van der Waals surface area (Å²) < 4.78 is 0. The smallest absolute Gasteiger partial charge is 0.335 e. The first-order valence-electron chi connectivity index (χ1n) is 7.23. The Bertz CT molecular complexity index is 792. The van der Waals surface area contributed by atoms with Crippen molar-refractivity contribution in [3.8, 4) is 0 Å². The zero-order valence-electron chi connectivity index (χ0n) is 12.3. The molecule has 0 atom stereocenters. The molecule has 0 fully saturated rings. The van der Waals surface area contributed by atoms with Gasteiger partial charge >= 0.3 is 5.97 Å². The highest BCUT2D eigenvalue weighted by Crippen LogP contribution is 2.23. The molecule has 2 aromatic carbocycles. The summed E-state index contributed by atoms with van der Waals surface area (Å²) in [6, 6.07) is 13.6. The van der Waals surface area contributed by atoms with Crippen molar-refractivity contribution < 1.29 is 14.7 Å². The van der Waals surface area contributed by atoms with Crippen molar-refractivity contribution in [2.75, 3.05) is 5.32 Å². The molecule has 0 bridgehead atoms. The fraction of sp³-hybridized carbons (Fsp3) is 0.0526. The second-order valence-electron chi connectivity index (χ2n) is 5.26. The number of carboxylic acids is 1. The van der Waals surface area contributed by atoms with Gasteiger partial charge in [0, 0.05) is 17.2 Å². The molecule has 0 unspecified atom stereocenters. The molecule has 3 rings (SSSR count). The highest BCUT2D eigenvalue weighted by atomic mass is 16.4. The van der Waals surface area contributed by atoms with Crippen LogP contribution in [0.1, 0.15) is 32.2 Å². The van der Waals surface area contributed by atoms with Crippen molar-refractivity contribution in [1.82, 2.24) is 0 Å². The van der Waals surface area contributed by atoms with E-state index in [1.165, 1.54) is 12.1 Å². The number of anilines is 1. The van der Waals surface area contributed by atoms with Gasteiger partial charge in [-0.3, -0.25) is 4.79 Å². The summed E-state index contributed by atoms with van der Waals surface area (Å²) in [5, 5.41) is 11.7. The summed E-state index contributed by atoms with van der Waals surface area (Å²) in [4.78, 5) is 23.2. The van der Waals surface area contributed by atoms with Crippen LogP contribution in [0.5, 0.6) is 0 Å². The van der Waals surface area contributed by atoms with Crippen molar-refractivity contribution in [2.24, 2.45) is 0 Å². The Hall–Kier alpha value is -3.14. The third-order valence-corrected chi connectivity index (χ3v) is 3.67. The molecule has 0 saturated heterocycles. The van der Waals surface area contributed by atoms with Crippen LogP contribution >= 0.6 is 0 Å². The Morgan fingerprint density at radius 3 is 2.26 bits per heavy atom. The Kier molecular flexibility index (Phi) is 4.06. The van der Waals surface area contributed by atoms with Crippen molar-refractivity contribution in [3.05, 3.63) is 89.5 Å². The summed E-state index contributed by atoms with van der Waals surface area (Å²) in [5.74, 6) is -1.03. The molecule has 1 aliphatic carbocycles. The SMILES string of the molecule is O=C(O)c1cccc(NC(=O)c2ccc(C3C=CC=C3)cc2)c1. The predicted molar refractivity (Wildman–Crippen MR) is 88.8 cm³/mol. The van der Waals surface area contributed by atoms with Crippen LogP contribution in [0.25, 0.3) is 0 Å². The number of aromatic carboxylic acids is 1. The molecule has 0 aromatic heterocycles. The second-order valence-corrected chi connectivity index (χ2v) is 5.26. The molecule has 0 saturated carbocycles. The molecular formula is C19H15NO3. The number of carbonyl (C=O) groups excluding carboxylic acids is 1. The van der Waals surface area contributed by atoms with Crippen LogP contribution in [0.4, 0.5) is 5.69 Å². The average molecular weight is 305 g/mol. The van der Waals surface area contributed by atoms with E-state index >= 15 is 0 Å². The predicted octanol–water partition coefficient (Wildman–Crippen LogP) is 3.85. The summed E-state index contributed by atoms with van der Waals surface area (Å²) in [6.45, 7) is 0. The monoisotopic (exact) mass is 305 g/mol. The molecule has 0 spiro atoms. The van der Waals surface area contributed by atoms with E-state index in [1.54, 1.807) is 24.3 Å². The van der Waals surface area contributed by atoms with E-state index in [2.05, 4.69) is 17.5 Å². The number of allylic oxidation sites excluding steroid dienone is 4. The zero-order valence-corrected chi connectivity index (χ0v) is 12.3. The van der Waals surface area contributed by atoms with E-state index in [1.807, 2.05) is 24.3 Å². The summed E-state index contributed by atoms with van der Waals surface area (Å²) >= 11 is 0. The number of carboxylic acid groups (broad SMARTS) is 1. The lowest BCUT2D eigenvalue weighted by atomic mass is 9.99. The van der Waals surface area contributed by atoms with Gasteiger partial charge in [0.25, 0.3) is 5.91 Å². The van der Waals surface area contributed by atoms with Crippen molar-refractivity contribution >= 4 is 17.6 Å². The summed E-state index contributed by atoms with van der Waals surface area (Å²) in [7, 11) is 0. The van der Waals surface area contributed by atoms with E-state index in [0.29, 0.717) is 11.3 Å². The van der Waals surface area contributed by atoms with Gasteiger partial charge in [0.15, 0.2) is 0 Å². The maximum absolute atomic E-state index is 12.2. The average Bonchev–Trinajstić information content (AvgIpc) is 3.09. The zero-order chi connectivity index (χ0) is 16.2. The highest BCUT2D eigenvalue weighted by Gasteiger charge is 2.11. The lowest BCUT2D eigenvalue weighted by molar-refractivity contribution is 0.0696. The van der Waals surface area contributed by atoms with Gasteiger partial charge in [-0.05, 0) is 35.9 Å². The molecule has 2 N–H and O–H groups in total. The van der Waals surface area contributed by atoms with E-state index < -0.39 is 5.97 Å². The Morgan fingerprint density at radius 2 is 1.61 bits per heavy atom. The van der Waals surface area contributed by atoms with Gasteiger partial charge < -0.3 is 10.4 Å². The fourth-order valence-corrected chi connectivity index (χ4v) is 2.44. The van der Waals surface area contributed by atoms with Crippen molar-refractivity contribution in [2.45, 2.75) is 5.92 Å². The molecule has 2 aromatic rings. The number of benzene rings is 2. The molecule has 0 radical (unpaired) electrons. The van der Waals surface area contributed by atoms with Crippen LogP contribution in [0.2, 0.25) is 0 Å². The molecule has 0 aliphatic heterocycles. The quantitative estimate of drug-likeness (QED) is 0.901. The van der Waals surface area contributed by atoms with Gasteiger partial charge in [0.1, 0.15) is 0 Å². The molecule has 4 nitrogen and oxygen atoms in total. The first-order chi connectivity index (χ1) is 11.1. The number of hydrogen-bond acceptors (Lipinski definition) is 2. The highest BCUT2D eigenvalue weighted by molar-refractivity contribution is 6.04. The van der Waals surface area contributed by atoms with E-state index in [0.717, 1.165) is 5.56 Å². The second kappa shape index (κ2) is 6.32. The minimum absolute atomic E-state index is 0.137. The molecule has 114 valence electrons. The third-order valence-electron chi connectivity index (χ3n) is 3.67. The minimum atomic E-state index is -1.02. The van der Waals surface area contributed by atoms with Gasteiger partial charge in [0.05, 0.1) is 5.56 Å². The van der Waals surface area contributed by atoms with Crippen LogP contribution in [0.15, 0.2) is 72.8 Å². The van der Waals surface area contributed by atoms with E-state index in [9.17, 15) is 9.59 Å². The maximum atomic E-state index is 12.2.